The smallest absolute Gasteiger partial charge is 0.248 e. The van der Waals surface area contributed by atoms with Gasteiger partial charge in [-0.3, -0.25) is 4.79 Å². The molecule has 0 spiro atoms. The number of rotatable bonds is 3. The van der Waals surface area contributed by atoms with Gasteiger partial charge in [-0.25, -0.2) is 0 Å². The van der Waals surface area contributed by atoms with Crippen LogP contribution in [0.15, 0.2) is 60.9 Å². The van der Waals surface area contributed by atoms with Crippen molar-refractivity contribution in [3.05, 3.63) is 77.6 Å². The molecule has 2 N–H and O–H groups in total. The van der Waals surface area contributed by atoms with E-state index in [0.29, 0.717) is 11.1 Å². The molecule has 4 heteroatoms. The predicted octanol–water partition coefficient (Wildman–Crippen LogP) is 3.42. The summed E-state index contributed by atoms with van der Waals surface area (Å²) in [5.74, 6) is -0.456. The Hall–Kier alpha value is -3.32. The van der Waals surface area contributed by atoms with E-state index in [-0.39, 0.29) is 0 Å². The van der Waals surface area contributed by atoms with Crippen LogP contribution in [0.1, 0.15) is 21.5 Å². The van der Waals surface area contributed by atoms with Crippen LogP contribution < -0.4 is 5.73 Å². The van der Waals surface area contributed by atoms with Gasteiger partial charge < -0.3 is 10.3 Å². The first-order valence-corrected chi connectivity index (χ1v) is 7.18. The molecule has 0 saturated heterocycles. The Kier molecular flexibility index (Phi) is 3.70. The molecule has 3 rings (SSSR count). The Balaban J connectivity index is 2.08. The number of nitrogens with zero attached hydrogens (tertiary/aromatic N) is 2. The Bertz CT molecular complexity index is 915. The van der Waals surface area contributed by atoms with E-state index >= 15 is 0 Å². The fourth-order valence-corrected chi connectivity index (χ4v) is 2.58. The van der Waals surface area contributed by atoms with E-state index in [9.17, 15) is 10.1 Å². The fourth-order valence-electron chi connectivity index (χ4n) is 2.58. The molecule has 2 aromatic carbocycles. The van der Waals surface area contributed by atoms with Gasteiger partial charge in [0.1, 0.15) is 6.07 Å². The molecule has 3 aromatic rings. The van der Waals surface area contributed by atoms with Crippen LogP contribution in [-0.2, 0) is 0 Å². The number of aromatic nitrogens is 1. The van der Waals surface area contributed by atoms with Crippen molar-refractivity contribution in [3.63, 3.8) is 0 Å². The highest BCUT2D eigenvalue weighted by atomic mass is 16.1. The van der Waals surface area contributed by atoms with Gasteiger partial charge in [0.2, 0.25) is 5.91 Å². The van der Waals surface area contributed by atoms with Crippen LogP contribution in [0.5, 0.6) is 0 Å². The van der Waals surface area contributed by atoms with Gasteiger partial charge in [0, 0.05) is 29.2 Å². The number of nitrogens with two attached hydrogens (primary N) is 1. The van der Waals surface area contributed by atoms with Crippen LogP contribution in [0.2, 0.25) is 0 Å². The topological polar surface area (TPSA) is 71.8 Å². The minimum absolute atomic E-state index is 0.456. The lowest BCUT2D eigenvalue weighted by atomic mass is 10.0. The average molecular weight is 301 g/mol. The molecule has 1 amide bonds. The van der Waals surface area contributed by atoms with Gasteiger partial charge in [0.15, 0.2) is 0 Å². The van der Waals surface area contributed by atoms with Crippen molar-refractivity contribution in [2.45, 2.75) is 6.92 Å². The van der Waals surface area contributed by atoms with Gasteiger partial charge in [-0.05, 0) is 42.3 Å². The number of amides is 1. The quantitative estimate of drug-likeness (QED) is 0.805. The second-order valence-electron chi connectivity index (χ2n) is 5.33. The van der Waals surface area contributed by atoms with E-state index < -0.39 is 5.91 Å². The maximum Gasteiger partial charge on any atom is 0.248 e. The molecule has 1 heterocycles. The number of primary amides is 1. The molecule has 4 nitrogen and oxygen atoms in total. The summed E-state index contributed by atoms with van der Waals surface area (Å²) in [4.78, 5) is 11.1. The van der Waals surface area contributed by atoms with Crippen LogP contribution in [0, 0.1) is 18.3 Å². The molecule has 0 atom stereocenters. The first-order valence-electron chi connectivity index (χ1n) is 7.18. The highest BCUT2D eigenvalue weighted by molar-refractivity contribution is 5.92. The van der Waals surface area contributed by atoms with E-state index in [2.05, 4.69) is 6.07 Å². The maximum absolute atomic E-state index is 11.1. The summed E-state index contributed by atoms with van der Waals surface area (Å²) in [5, 5.41) is 9.42. The number of nitriles is 1. The van der Waals surface area contributed by atoms with Crippen LogP contribution in [0.4, 0.5) is 0 Å². The molecular formula is C19H15N3O. The SMILES string of the molecule is Cc1ccccc1-c1cn(-c2ccc(C(N)=O)cc2)cc1C#N. The van der Waals surface area contributed by atoms with Crippen LogP contribution in [0.3, 0.4) is 0 Å². The number of hydrogen-bond donors (Lipinski definition) is 1. The summed E-state index contributed by atoms with van der Waals surface area (Å²) in [5.41, 5.74) is 10.2. The lowest BCUT2D eigenvalue weighted by Gasteiger charge is -2.04. The van der Waals surface area contributed by atoms with Crippen molar-refractivity contribution in [1.82, 2.24) is 4.57 Å². The largest absolute Gasteiger partial charge is 0.366 e. The van der Waals surface area contributed by atoms with Crippen LogP contribution in [-0.4, -0.2) is 10.5 Å². The predicted molar refractivity (Wildman–Crippen MR) is 89.2 cm³/mol. The summed E-state index contributed by atoms with van der Waals surface area (Å²) in [6.45, 7) is 2.02. The second kappa shape index (κ2) is 5.82. The molecule has 0 bridgehead atoms. The highest BCUT2D eigenvalue weighted by Gasteiger charge is 2.11. The summed E-state index contributed by atoms with van der Waals surface area (Å²) in [6.07, 6.45) is 3.72. The molecule has 0 aliphatic carbocycles. The Morgan fingerprint density at radius 3 is 2.35 bits per heavy atom. The van der Waals surface area contributed by atoms with Crippen molar-refractivity contribution >= 4 is 5.91 Å². The molecule has 23 heavy (non-hydrogen) atoms. The normalized spacial score (nSPS) is 10.3. The molecule has 0 aliphatic rings. The van der Waals surface area contributed by atoms with Crippen molar-refractivity contribution in [3.8, 4) is 22.9 Å². The molecule has 0 fully saturated rings. The van der Waals surface area contributed by atoms with Gasteiger partial charge in [0.25, 0.3) is 0 Å². The summed E-state index contributed by atoms with van der Waals surface area (Å²) in [7, 11) is 0. The van der Waals surface area contributed by atoms with Crippen molar-refractivity contribution in [2.75, 3.05) is 0 Å². The lowest BCUT2D eigenvalue weighted by molar-refractivity contribution is 0.100. The van der Waals surface area contributed by atoms with E-state index in [0.717, 1.165) is 22.4 Å². The van der Waals surface area contributed by atoms with Crippen LogP contribution >= 0.6 is 0 Å². The zero-order valence-electron chi connectivity index (χ0n) is 12.7. The first-order chi connectivity index (χ1) is 11.1. The first kappa shape index (κ1) is 14.6. The lowest BCUT2D eigenvalue weighted by Crippen LogP contribution is -2.10. The van der Waals surface area contributed by atoms with Crippen molar-refractivity contribution < 1.29 is 4.79 Å². The molecule has 0 radical (unpaired) electrons. The number of hydrogen-bond acceptors (Lipinski definition) is 2. The van der Waals surface area contributed by atoms with E-state index in [4.69, 9.17) is 5.73 Å². The minimum Gasteiger partial charge on any atom is -0.366 e. The Labute approximate surface area is 134 Å². The van der Waals surface area contributed by atoms with Gasteiger partial charge >= 0.3 is 0 Å². The molecule has 1 aromatic heterocycles. The third kappa shape index (κ3) is 2.72. The molecule has 0 aliphatic heterocycles. The zero-order valence-corrected chi connectivity index (χ0v) is 12.7. The number of aryl methyl sites for hydroxylation is 1. The minimum atomic E-state index is -0.456. The number of carbonyl (C=O) groups excluding carboxylic acids is 1. The van der Waals surface area contributed by atoms with Crippen molar-refractivity contribution in [1.29, 1.82) is 5.26 Å². The third-order valence-corrected chi connectivity index (χ3v) is 3.83. The van der Waals surface area contributed by atoms with Crippen LogP contribution in [0.25, 0.3) is 16.8 Å². The van der Waals surface area contributed by atoms with E-state index in [1.165, 1.54) is 0 Å². The average Bonchev–Trinajstić information content (AvgIpc) is 2.99. The van der Waals surface area contributed by atoms with Gasteiger partial charge in [-0.1, -0.05) is 24.3 Å². The molecule has 0 unspecified atom stereocenters. The van der Waals surface area contributed by atoms with Gasteiger partial charge in [-0.15, -0.1) is 0 Å². The highest BCUT2D eigenvalue weighted by Crippen LogP contribution is 2.28. The monoisotopic (exact) mass is 301 g/mol. The molecule has 0 saturated carbocycles. The number of benzene rings is 2. The van der Waals surface area contributed by atoms with Crippen molar-refractivity contribution in [2.24, 2.45) is 5.73 Å². The summed E-state index contributed by atoms with van der Waals surface area (Å²) in [6, 6.07) is 17.2. The van der Waals surface area contributed by atoms with E-state index in [1.807, 2.05) is 54.1 Å². The molecule has 112 valence electrons. The Morgan fingerprint density at radius 2 is 1.74 bits per heavy atom. The standard InChI is InChI=1S/C19H15N3O/c1-13-4-2-3-5-17(13)18-12-22(11-15(18)10-20)16-8-6-14(7-9-16)19(21)23/h2-9,11-12H,1H3,(H2,21,23). The van der Waals surface area contributed by atoms with Gasteiger partial charge in [-0.2, -0.15) is 5.26 Å². The number of carbonyl (C=O) groups is 1. The zero-order chi connectivity index (χ0) is 16.4. The summed E-state index contributed by atoms with van der Waals surface area (Å²) < 4.78 is 1.88. The fraction of sp³-hybridized carbons (Fsp3) is 0.0526. The molecular weight excluding hydrogens is 286 g/mol. The Morgan fingerprint density at radius 1 is 1.04 bits per heavy atom. The maximum atomic E-state index is 11.1. The summed E-state index contributed by atoms with van der Waals surface area (Å²) >= 11 is 0. The second-order valence-corrected chi connectivity index (χ2v) is 5.33. The third-order valence-electron chi connectivity index (χ3n) is 3.83. The van der Waals surface area contributed by atoms with Gasteiger partial charge in [0.05, 0.1) is 5.56 Å². The van der Waals surface area contributed by atoms with E-state index in [1.54, 1.807) is 18.3 Å².